The summed E-state index contributed by atoms with van der Waals surface area (Å²) in [6, 6.07) is 25.6. The number of thiophene rings is 1. The Bertz CT molecular complexity index is 2760. The molecule has 3 aromatic heterocycles. The molecule has 0 saturated carbocycles. The first-order valence-corrected chi connectivity index (χ1v) is 21.6. The fraction of sp³-hybridized carbons (Fsp3) is 0.271. The second-order valence-corrected chi connectivity index (χ2v) is 16.9. The van der Waals surface area contributed by atoms with Crippen molar-refractivity contribution in [3.8, 4) is 50.3 Å². The summed E-state index contributed by atoms with van der Waals surface area (Å²) in [5.41, 5.74) is 7.14. The Labute approximate surface area is 367 Å². The van der Waals surface area contributed by atoms with Gasteiger partial charge in [0.2, 0.25) is 12.0 Å². The normalized spacial score (nSPS) is 16.0. The Morgan fingerprint density at radius 3 is 2.58 bits per heavy atom. The van der Waals surface area contributed by atoms with Gasteiger partial charge in [0.25, 0.3) is 0 Å². The molecule has 1 fully saturated rings. The summed E-state index contributed by atoms with van der Waals surface area (Å²) in [6.45, 7) is 5.51. The molecule has 4 bridgehead atoms. The number of hydrogen-bond donors (Lipinski definition) is 1. The molecule has 11 nitrogen and oxygen atoms in total. The van der Waals surface area contributed by atoms with Crippen molar-refractivity contribution >= 4 is 39.1 Å². The molecule has 0 aliphatic carbocycles. The van der Waals surface area contributed by atoms with E-state index in [9.17, 15) is 14.3 Å². The Balaban J connectivity index is 1.15. The Kier molecular flexibility index (Phi) is 12.1. The number of carbonyl (C=O) groups is 1. The van der Waals surface area contributed by atoms with Crippen LogP contribution in [-0.4, -0.2) is 68.9 Å². The maximum Gasteiger partial charge on any atom is 0.345 e. The van der Waals surface area contributed by atoms with E-state index in [1.54, 1.807) is 31.5 Å². The van der Waals surface area contributed by atoms with Crippen LogP contribution in [-0.2, 0) is 35.6 Å². The number of benzene rings is 4. The third-order valence-corrected chi connectivity index (χ3v) is 13.1. The minimum absolute atomic E-state index is 0.0386. The van der Waals surface area contributed by atoms with Crippen LogP contribution in [0, 0.1) is 18.7 Å². The molecule has 14 heteroatoms. The monoisotopic (exact) mass is 871 g/mol. The zero-order valence-corrected chi connectivity index (χ0v) is 35.7. The first kappa shape index (κ1) is 41.4. The summed E-state index contributed by atoms with van der Waals surface area (Å²) in [7, 11) is 1.61. The highest BCUT2D eigenvalue weighted by Gasteiger charge is 2.29. The van der Waals surface area contributed by atoms with Gasteiger partial charge >= 0.3 is 5.97 Å². The molecule has 10 rings (SSSR count). The number of halogens is 2. The van der Waals surface area contributed by atoms with Gasteiger partial charge in [0, 0.05) is 60.9 Å². The number of aromatic nitrogens is 4. The smallest absolute Gasteiger partial charge is 0.345 e. The maximum atomic E-state index is 14.2. The third kappa shape index (κ3) is 8.71. The number of aliphatic carboxylic acids is 1. The van der Waals surface area contributed by atoms with Crippen molar-refractivity contribution in [3.63, 3.8) is 0 Å². The van der Waals surface area contributed by atoms with Crippen molar-refractivity contribution in [3.05, 3.63) is 136 Å². The molecule has 0 amide bonds. The summed E-state index contributed by atoms with van der Waals surface area (Å²) < 4.78 is 38.5. The summed E-state index contributed by atoms with van der Waals surface area (Å²) in [4.78, 5) is 35.5. The fourth-order valence-electron chi connectivity index (χ4n) is 8.30. The van der Waals surface area contributed by atoms with Crippen LogP contribution in [0.15, 0.2) is 97.5 Å². The SMILES string of the molecule is COc1ccccc1-c1nccc(COc2ccc3cc2C[C@H](C(=O)O)Oc2ncnc4sc(-c5ccc(F)cc5)c(c24)-c2ccc(c(Cl)c2C)CN(CC2CCOCC2)C3)n1. The van der Waals surface area contributed by atoms with Gasteiger partial charge in [-0.15, -0.1) is 11.3 Å². The highest BCUT2D eigenvalue weighted by Crippen LogP contribution is 2.49. The highest BCUT2D eigenvalue weighted by atomic mass is 35.5. The van der Waals surface area contributed by atoms with Crippen molar-refractivity contribution in [1.82, 2.24) is 24.8 Å². The second kappa shape index (κ2) is 18.2. The Hall–Kier alpha value is -5.99. The number of carboxylic acid groups (broad SMARTS) is 1. The lowest BCUT2D eigenvalue weighted by Gasteiger charge is -2.31. The minimum Gasteiger partial charge on any atom is -0.496 e. The van der Waals surface area contributed by atoms with Crippen LogP contribution in [0.2, 0.25) is 5.02 Å². The number of hydrogen-bond acceptors (Lipinski definition) is 11. The first-order chi connectivity index (χ1) is 30.2. The molecule has 62 heavy (non-hydrogen) atoms. The largest absolute Gasteiger partial charge is 0.496 e. The molecule has 7 aromatic rings. The van der Waals surface area contributed by atoms with Crippen LogP contribution in [0.25, 0.3) is 43.2 Å². The van der Waals surface area contributed by atoms with Gasteiger partial charge < -0.3 is 24.1 Å². The number of para-hydroxylation sites is 1. The van der Waals surface area contributed by atoms with E-state index in [0.29, 0.717) is 62.8 Å². The van der Waals surface area contributed by atoms with Crippen LogP contribution in [0.3, 0.4) is 0 Å². The zero-order chi connectivity index (χ0) is 42.7. The Morgan fingerprint density at radius 2 is 1.77 bits per heavy atom. The minimum atomic E-state index is -1.37. The molecule has 1 saturated heterocycles. The fourth-order valence-corrected chi connectivity index (χ4v) is 9.68. The number of nitrogens with zero attached hydrogens (tertiary/aromatic N) is 5. The second-order valence-electron chi connectivity index (χ2n) is 15.6. The number of fused-ring (bicyclic) bond motifs is 6. The zero-order valence-electron chi connectivity index (χ0n) is 34.1. The summed E-state index contributed by atoms with van der Waals surface area (Å²) in [5, 5.41) is 12.0. The molecule has 0 unspecified atom stereocenters. The van der Waals surface area contributed by atoms with Gasteiger partial charge in [-0.2, -0.15) is 0 Å². The number of carboxylic acids is 1. The predicted octanol–water partition coefficient (Wildman–Crippen LogP) is 9.99. The van der Waals surface area contributed by atoms with Crippen molar-refractivity contribution in [1.29, 1.82) is 0 Å². The number of rotatable bonds is 9. The molecular formula is C48H43ClFN5O6S. The summed E-state index contributed by atoms with van der Waals surface area (Å²) in [5.74, 6) is 0.648. The van der Waals surface area contributed by atoms with Crippen LogP contribution in [0.1, 0.15) is 40.8 Å². The van der Waals surface area contributed by atoms with E-state index in [1.165, 1.54) is 29.8 Å². The van der Waals surface area contributed by atoms with Crippen molar-refractivity contribution in [2.75, 3.05) is 26.9 Å². The number of methoxy groups -OCH3 is 1. The van der Waals surface area contributed by atoms with E-state index in [-0.39, 0.29) is 24.7 Å². The molecule has 0 radical (unpaired) electrons. The molecule has 1 atom stereocenters. The van der Waals surface area contributed by atoms with E-state index in [1.807, 2.05) is 49.4 Å². The van der Waals surface area contributed by atoms with E-state index < -0.39 is 12.1 Å². The standard InChI is InChI=1S/C48H43ClFN5O6S/c1-28-36-13-10-32(43(28)49)25-55(23-29-16-19-59-20-17-29)24-30-7-14-38(60-26-35-15-18-51-45(54-35)37-5-3-4-6-39(37)58-2)33(21-30)22-40(48(56)57)61-46-42-41(36)44(62-47(42)53-27-52-46)31-8-11-34(50)12-9-31/h3-15,18,21,27,29,40H,16-17,19-20,22-26H2,1-2H3,(H,56,57)/t40-/m1/s1. The van der Waals surface area contributed by atoms with Crippen LogP contribution in [0.4, 0.5) is 4.39 Å². The van der Waals surface area contributed by atoms with Gasteiger partial charge in [0.05, 0.1) is 23.8 Å². The molecule has 316 valence electrons. The molecule has 4 aromatic carbocycles. The van der Waals surface area contributed by atoms with E-state index in [2.05, 4.69) is 32.0 Å². The van der Waals surface area contributed by atoms with Crippen LogP contribution >= 0.6 is 22.9 Å². The van der Waals surface area contributed by atoms with Gasteiger partial charge in [0.15, 0.2) is 5.82 Å². The topological polar surface area (TPSA) is 129 Å². The van der Waals surface area contributed by atoms with E-state index in [0.717, 1.165) is 76.4 Å². The van der Waals surface area contributed by atoms with Crippen LogP contribution < -0.4 is 14.2 Å². The molecule has 6 heterocycles. The van der Waals surface area contributed by atoms with E-state index >= 15 is 0 Å². The van der Waals surface area contributed by atoms with Gasteiger partial charge in [-0.05, 0) is 95.5 Å². The number of ether oxygens (including phenoxy) is 4. The first-order valence-electron chi connectivity index (χ1n) is 20.4. The predicted molar refractivity (Wildman–Crippen MR) is 236 cm³/mol. The molecule has 3 aliphatic rings. The van der Waals surface area contributed by atoms with Crippen LogP contribution in [0.5, 0.6) is 17.4 Å². The van der Waals surface area contributed by atoms with Crippen molar-refractivity contribution < 1.29 is 33.2 Å². The van der Waals surface area contributed by atoms with Gasteiger partial charge in [0.1, 0.15) is 35.1 Å². The average Bonchev–Trinajstić information content (AvgIpc) is 3.68. The molecule has 1 N–H and O–H groups in total. The Morgan fingerprint density at radius 1 is 0.952 bits per heavy atom. The summed E-state index contributed by atoms with van der Waals surface area (Å²) >= 11 is 8.75. The van der Waals surface area contributed by atoms with Crippen molar-refractivity contribution in [2.45, 2.75) is 52.0 Å². The van der Waals surface area contributed by atoms with E-state index in [4.69, 9.17) is 35.5 Å². The maximum absolute atomic E-state index is 14.2. The van der Waals surface area contributed by atoms with Gasteiger partial charge in [-0.3, -0.25) is 4.90 Å². The summed E-state index contributed by atoms with van der Waals surface area (Å²) in [6.07, 6.45) is 3.56. The lowest BCUT2D eigenvalue weighted by atomic mass is 9.94. The molecular weight excluding hydrogens is 829 g/mol. The highest BCUT2D eigenvalue weighted by molar-refractivity contribution is 7.22. The molecule has 0 spiro atoms. The average molecular weight is 872 g/mol. The quantitative estimate of drug-likeness (QED) is 0.149. The lowest BCUT2D eigenvalue weighted by molar-refractivity contribution is -0.145. The lowest BCUT2D eigenvalue weighted by Crippen LogP contribution is -2.32. The van der Waals surface area contributed by atoms with Crippen molar-refractivity contribution in [2.24, 2.45) is 5.92 Å². The third-order valence-electron chi connectivity index (χ3n) is 11.4. The molecule has 3 aliphatic heterocycles. The van der Waals surface area contributed by atoms with Gasteiger partial charge in [-0.1, -0.05) is 60.1 Å². The van der Waals surface area contributed by atoms with Gasteiger partial charge in [-0.25, -0.2) is 29.1 Å².